The second-order valence-electron chi connectivity index (χ2n) is 9.88. The topological polar surface area (TPSA) is 90.7 Å². The SMILES string of the molecule is C/C=C(\C/C(Cl)=C(CC1=CCC2CN=C(NC3CCCC3NC=O)N=C2N2CC=CN=C12)\C(Cl)=C/C)OCC. The largest absolute Gasteiger partial charge is 0.498 e. The average molecular weight is 574 g/mol. The lowest BCUT2D eigenvalue weighted by atomic mass is 9.99. The molecule has 39 heavy (non-hydrogen) atoms. The van der Waals surface area contributed by atoms with E-state index in [1.54, 1.807) is 0 Å². The second-order valence-corrected chi connectivity index (χ2v) is 10.7. The molecule has 3 aliphatic heterocycles. The van der Waals surface area contributed by atoms with Crippen LogP contribution in [0.1, 0.15) is 59.3 Å². The van der Waals surface area contributed by atoms with Gasteiger partial charge in [-0.15, -0.1) is 0 Å². The molecule has 4 rings (SSSR count). The van der Waals surface area contributed by atoms with Crippen molar-refractivity contribution in [3.63, 3.8) is 0 Å². The van der Waals surface area contributed by atoms with Gasteiger partial charge in [-0.2, -0.15) is 4.99 Å². The highest BCUT2D eigenvalue weighted by atomic mass is 35.5. The summed E-state index contributed by atoms with van der Waals surface area (Å²) in [5.74, 6) is 3.41. The zero-order valence-electron chi connectivity index (χ0n) is 22.9. The Labute approximate surface area is 241 Å². The summed E-state index contributed by atoms with van der Waals surface area (Å²) >= 11 is 13.6. The van der Waals surface area contributed by atoms with Gasteiger partial charge in [0, 0.05) is 53.7 Å². The van der Waals surface area contributed by atoms with Gasteiger partial charge in [0.2, 0.25) is 12.4 Å². The lowest BCUT2D eigenvalue weighted by Gasteiger charge is -2.33. The predicted octanol–water partition coefficient (Wildman–Crippen LogP) is 5.54. The molecule has 8 nitrogen and oxygen atoms in total. The number of carbonyl (C=O) groups excluding carboxylic acids is 1. The van der Waals surface area contributed by atoms with Gasteiger partial charge in [0.25, 0.3) is 0 Å². The number of fused-ring (bicyclic) bond motifs is 3. The van der Waals surface area contributed by atoms with Crippen molar-refractivity contribution in [2.75, 3.05) is 19.7 Å². The number of halogens is 2. The number of nitrogens with zero attached hydrogens (tertiary/aromatic N) is 4. The average Bonchev–Trinajstić information content (AvgIpc) is 3.32. The Bertz CT molecular complexity index is 1180. The Morgan fingerprint density at radius 2 is 2.05 bits per heavy atom. The predicted molar refractivity (Wildman–Crippen MR) is 160 cm³/mol. The van der Waals surface area contributed by atoms with Gasteiger partial charge in [-0.05, 0) is 69.8 Å². The Morgan fingerprint density at radius 3 is 2.79 bits per heavy atom. The molecule has 2 N–H and O–H groups in total. The molecule has 1 amide bonds. The van der Waals surface area contributed by atoms with E-state index in [0.717, 1.165) is 60.7 Å². The normalized spacial score (nSPS) is 25.8. The number of allylic oxidation sites excluding steroid dienone is 6. The minimum atomic E-state index is 0.0951. The lowest BCUT2D eigenvalue weighted by Crippen LogP contribution is -2.49. The molecule has 0 spiro atoms. The highest BCUT2D eigenvalue weighted by Gasteiger charge is 2.34. The summed E-state index contributed by atoms with van der Waals surface area (Å²) in [6, 6.07) is 0.220. The Kier molecular flexibility index (Phi) is 10.5. The number of guanidine groups is 1. The molecule has 3 unspecified atom stereocenters. The van der Waals surface area contributed by atoms with E-state index in [4.69, 9.17) is 42.9 Å². The summed E-state index contributed by atoms with van der Waals surface area (Å²) in [6.07, 6.45) is 15.5. The maximum atomic E-state index is 11.0. The highest BCUT2D eigenvalue weighted by molar-refractivity contribution is 6.35. The van der Waals surface area contributed by atoms with Crippen molar-refractivity contribution >= 4 is 47.2 Å². The quantitative estimate of drug-likeness (QED) is 0.204. The van der Waals surface area contributed by atoms with Crippen LogP contribution < -0.4 is 10.6 Å². The van der Waals surface area contributed by atoms with Gasteiger partial charge in [0.05, 0.1) is 18.9 Å². The molecular formula is C29H38Cl2N6O2. The van der Waals surface area contributed by atoms with Crippen LogP contribution in [0.5, 0.6) is 0 Å². The van der Waals surface area contributed by atoms with E-state index in [1.165, 1.54) is 0 Å². The van der Waals surface area contributed by atoms with Gasteiger partial charge in [0.1, 0.15) is 11.7 Å². The fourth-order valence-corrected chi connectivity index (χ4v) is 5.94. The molecule has 0 aromatic heterocycles. The van der Waals surface area contributed by atoms with Crippen molar-refractivity contribution in [3.8, 4) is 0 Å². The fourth-order valence-electron chi connectivity index (χ4n) is 5.41. The van der Waals surface area contributed by atoms with E-state index in [-0.39, 0.29) is 18.0 Å². The third kappa shape index (κ3) is 7.03. The summed E-state index contributed by atoms with van der Waals surface area (Å²) in [5, 5.41) is 7.69. The van der Waals surface area contributed by atoms with Gasteiger partial charge in [0.15, 0.2) is 0 Å². The van der Waals surface area contributed by atoms with Crippen LogP contribution in [0.2, 0.25) is 0 Å². The van der Waals surface area contributed by atoms with Crippen LogP contribution in [-0.2, 0) is 9.53 Å². The smallest absolute Gasteiger partial charge is 0.220 e. The number of hydrogen-bond donors (Lipinski definition) is 2. The van der Waals surface area contributed by atoms with Crippen LogP contribution in [0.3, 0.4) is 0 Å². The van der Waals surface area contributed by atoms with Crippen LogP contribution in [0.4, 0.5) is 0 Å². The van der Waals surface area contributed by atoms with E-state index < -0.39 is 0 Å². The van der Waals surface area contributed by atoms with Gasteiger partial charge < -0.3 is 20.3 Å². The zero-order chi connectivity index (χ0) is 27.8. The zero-order valence-corrected chi connectivity index (χ0v) is 24.4. The summed E-state index contributed by atoms with van der Waals surface area (Å²) in [7, 11) is 0. The maximum absolute atomic E-state index is 11.0. The van der Waals surface area contributed by atoms with E-state index in [1.807, 2.05) is 45.2 Å². The Morgan fingerprint density at radius 1 is 1.23 bits per heavy atom. The molecule has 4 aliphatic rings. The number of ether oxygens (including phenoxy) is 1. The third-order valence-electron chi connectivity index (χ3n) is 7.44. The summed E-state index contributed by atoms with van der Waals surface area (Å²) in [5.41, 5.74) is 1.92. The number of nitrogens with one attached hydrogen (secondary N) is 2. The van der Waals surface area contributed by atoms with Crippen LogP contribution in [0.25, 0.3) is 0 Å². The molecular weight excluding hydrogens is 535 g/mol. The van der Waals surface area contributed by atoms with Crippen LogP contribution in [0.15, 0.2) is 72.5 Å². The first kappa shape index (κ1) is 29.2. The van der Waals surface area contributed by atoms with Gasteiger partial charge >= 0.3 is 0 Å². The van der Waals surface area contributed by atoms with Gasteiger partial charge in [-0.1, -0.05) is 35.4 Å². The number of carbonyl (C=O) groups is 1. The molecule has 0 saturated heterocycles. The first-order chi connectivity index (χ1) is 19.0. The van der Waals surface area contributed by atoms with Gasteiger partial charge in [-0.3, -0.25) is 9.79 Å². The molecule has 1 saturated carbocycles. The molecule has 0 bridgehead atoms. The number of rotatable bonds is 10. The molecule has 0 radical (unpaired) electrons. The molecule has 1 aliphatic carbocycles. The minimum absolute atomic E-state index is 0.0951. The highest BCUT2D eigenvalue weighted by Crippen LogP contribution is 2.35. The van der Waals surface area contributed by atoms with Crippen molar-refractivity contribution in [2.45, 2.75) is 71.4 Å². The molecule has 1 fully saturated rings. The summed E-state index contributed by atoms with van der Waals surface area (Å²) in [6.45, 7) is 7.71. The standard InChI is InChI=1S/C29H38Cl2N6O2/c1-4-21(39-6-3)16-24(31)22(23(30)5-2)15-19-11-12-20-17-33-29(35-26-10-7-9-25(26)34-18-38)36-28(20)37-14-8-13-32-27(19)37/h4-5,8,11,13,18,20,25-26H,6-7,9-10,12,14-17H2,1-3H3,(H,33,35)(H,34,38)/b21-4+,23-5+,24-22+. The monoisotopic (exact) mass is 572 g/mol. The number of aliphatic imine (C=N–C) groups is 3. The van der Waals surface area contributed by atoms with Crippen molar-refractivity contribution in [1.82, 2.24) is 15.5 Å². The number of amides is 1. The molecule has 0 aromatic carbocycles. The molecule has 3 atom stereocenters. The number of amidine groups is 2. The molecule has 0 aromatic rings. The van der Waals surface area contributed by atoms with E-state index in [2.05, 4.69) is 21.6 Å². The van der Waals surface area contributed by atoms with Crippen molar-refractivity contribution in [1.29, 1.82) is 0 Å². The third-order valence-corrected chi connectivity index (χ3v) is 8.24. The summed E-state index contributed by atoms with van der Waals surface area (Å²) in [4.78, 5) is 27.8. The Hall–Kier alpha value is -2.84. The second kappa shape index (κ2) is 14.0. The van der Waals surface area contributed by atoms with Crippen molar-refractivity contribution < 1.29 is 9.53 Å². The van der Waals surface area contributed by atoms with E-state index >= 15 is 0 Å². The maximum Gasteiger partial charge on any atom is 0.220 e. The number of hydrogen-bond acceptors (Lipinski definition) is 7. The van der Waals surface area contributed by atoms with Gasteiger partial charge in [-0.25, -0.2) is 4.99 Å². The van der Waals surface area contributed by atoms with Crippen LogP contribution >= 0.6 is 23.2 Å². The first-order valence-corrected chi connectivity index (χ1v) is 14.5. The van der Waals surface area contributed by atoms with Crippen LogP contribution in [-0.4, -0.2) is 60.7 Å². The fraction of sp³-hybridized carbons (Fsp3) is 0.517. The molecule has 210 valence electrons. The van der Waals surface area contributed by atoms with E-state index in [0.29, 0.717) is 48.6 Å². The Balaban J connectivity index is 1.59. The first-order valence-electron chi connectivity index (χ1n) is 13.8. The van der Waals surface area contributed by atoms with Crippen molar-refractivity contribution in [3.05, 3.63) is 57.5 Å². The summed E-state index contributed by atoms with van der Waals surface area (Å²) < 4.78 is 5.73. The van der Waals surface area contributed by atoms with E-state index in [9.17, 15) is 4.79 Å². The lowest BCUT2D eigenvalue weighted by molar-refractivity contribution is -0.110. The molecule has 3 heterocycles. The van der Waals surface area contributed by atoms with Crippen LogP contribution in [0, 0.1) is 5.92 Å². The molecule has 10 heteroatoms. The van der Waals surface area contributed by atoms with Crippen molar-refractivity contribution in [2.24, 2.45) is 20.9 Å². The minimum Gasteiger partial charge on any atom is -0.498 e.